The van der Waals surface area contributed by atoms with Crippen molar-refractivity contribution < 1.29 is 18.8 Å². The Labute approximate surface area is 158 Å². The molecule has 1 atom stereocenters. The first kappa shape index (κ1) is 18.9. The lowest BCUT2D eigenvalue weighted by molar-refractivity contribution is -0.132. The van der Waals surface area contributed by atoms with Crippen LogP contribution in [0.25, 0.3) is 0 Å². The maximum absolute atomic E-state index is 13.0. The summed E-state index contributed by atoms with van der Waals surface area (Å²) in [6, 6.07) is 6.67. The van der Waals surface area contributed by atoms with E-state index in [1.54, 1.807) is 48.2 Å². The summed E-state index contributed by atoms with van der Waals surface area (Å²) in [7, 11) is 3.43. The summed E-state index contributed by atoms with van der Waals surface area (Å²) in [6.45, 7) is 4.62. The van der Waals surface area contributed by atoms with Gasteiger partial charge in [0.05, 0.1) is 11.3 Å². The van der Waals surface area contributed by atoms with Crippen LogP contribution in [0.4, 0.5) is 0 Å². The summed E-state index contributed by atoms with van der Waals surface area (Å²) in [5, 5.41) is 3.91. The highest BCUT2D eigenvalue weighted by molar-refractivity contribution is 5.98. The van der Waals surface area contributed by atoms with Gasteiger partial charge in [-0.05, 0) is 44.9 Å². The Kier molecular flexibility index (Phi) is 5.48. The number of aromatic nitrogens is 1. The lowest BCUT2D eigenvalue weighted by Crippen LogP contribution is -2.45. The lowest BCUT2D eigenvalue weighted by atomic mass is 10.1. The fraction of sp³-hybridized carbons (Fsp3) is 0.450. The molecule has 2 aromatic rings. The van der Waals surface area contributed by atoms with E-state index >= 15 is 0 Å². The zero-order chi connectivity index (χ0) is 19.6. The molecule has 3 rings (SSSR count). The molecule has 0 N–H and O–H groups in total. The van der Waals surface area contributed by atoms with Crippen LogP contribution in [-0.4, -0.2) is 53.5 Å². The molecule has 27 heavy (non-hydrogen) atoms. The van der Waals surface area contributed by atoms with E-state index in [0.29, 0.717) is 30.9 Å². The highest BCUT2D eigenvalue weighted by Crippen LogP contribution is 2.24. The molecule has 144 valence electrons. The zero-order valence-corrected chi connectivity index (χ0v) is 16.2. The Morgan fingerprint density at radius 1 is 1.33 bits per heavy atom. The highest BCUT2D eigenvalue weighted by Gasteiger charge is 2.35. The van der Waals surface area contributed by atoms with Crippen molar-refractivity contribution in [1.82, 2.24) is 15.0 Å². The van der Waals surface area contributed by atoms with Crippen LogP contribution in [0.2, 0.25) is 0 Å². The molecule has 1 aliphatic heterocycles. The summed E-state index contributed by atoms with van der Waals surface area (Å²) >= 11 is 0. The van der Waals surface area contributed by atoms with Crippen molar-refractivity contribution in [3.05, 3.63) is 46.8 Å². The minimum absolute atomic E-state index is 0.0355. The number of ether oxygens (including phenoxy) is 1. The van der Waals surface area contributed by atoms with E-state index < -0.39 is 0 Å². The number of benzene rings is 1. The predicted octanol–water partition coefficient (Wildman–Crippen LogP) is 2.56. The Hall–Kier alpha value is -2.83. The number of hydrogen-bond donors (Lipinski definition) is 0. The van der Waals surface area contributed by atoms with Crippen LogP contribution in [0.3, 0.4) is 0 Å². The van der Waals surface area contributed by atoms with Crippen LogP contribution in [0.15, 0.2) is 28.8 Å². The van der Waals surface area contributed by atoms with Gasteiger partial charge in [0.25, 0.3) is 5.91 Å². The van der Waals surface area contributed by atoms with Gasteiger partial charge in [-0.15, -0.1) is 0 Å². The SMILES string of the molecule is Cc1noc(C)c1COc1cccc(C(=O)N2CCCC2C(=O)N(C)C)c1. The average molecular weight is 371 g/mol. The molecule has 1 unspecified atom stereocenters. The smallest absolute Gasteiger partial charge is 0.254 e. The molecule has 7 nitrogen and oxygen atoms in total. The van der Waals surface area contributed by atoms with Crippen molar-refractivity contribution in [2.45, 2.75) is 39.3 Å². The Balaban J connectivity index is 1.73. The van der Waals surface area contributed by atoms with Crippen molar-refractivity contribution in [2.75, 3.05) is 20.6 Å². The monoisotopic (exact) mass is 371 g/mol. The second-order valence-corrected chi connectivity index (χ2v) is 7.01. The van der Waals surface area contributed by atoms with Crippen LogP contribution >= 0.6 is 0 Å². The summed E-state index contributed by atoms with van der Waals surface area (Å²) in [5.74, 6) is 1.14. The van der Waals surface area contributed by atoms with E-state index in [2.05, 4.69) is 5.16 Å². The second kappa shape index (κ2) is 7.82. The summed E-state index contributed by atoms with van der Waals surface area (Å²) in [5.41, 5.74) is 2.22. The maximum atomic E-state index is 13.0. The third kappa shape index (κ3) is 3.97. The van der Waals surface area contributed by atoms with Crippen LogP contribution in [0.5, 0.6) is 5.75 Å². The molecule has 0 saturated carbocycles. The van der Waals surface area contributed by atoms with E-state index in [1.165, 1.54) is 0 Å². The molecule has 2 amide bonds. The van der Waals surface area contributed by atoms with Crippen LogP contribution < -0.4 is 4.74 Å². The van der Waals surface area contributed by atoms with Crippen molar-refractivity contribution in [3.8, 4) is 5.75 Å². The third-order valence-electron chi connectivity index (χ3n) is 4.88. The van der Waals surface area contributed by atoms with Crippen molar-refractivity contribution in [3.63, 3.8) is 0 Å². The molecule has 0 aliphatic carbocycles. The van der Waals surface area contributed by atoms with Gasteiger partial charge >= 0.3 is 0 Å². The van der Waals surface area contributed by atoms with Crippen molar-refractivity contribution in [1.29, 1.82) is 0 Å². The number of likely N-dealkylation sites (tertiary alicyclic amines) is 1. The van der Waals surface area contributed by atoms with Gasteiger partial charge < -0.3 is 19.1 Å². The predicted molar refractivity (Wildman–Crippen MR) is 99.5 cm³/mol. The first-order chi connectivity index (χ1) is 12.9. The number of aryl methyl sites for hydroxylation is 2. The fourth-order valence-corrected chi connectivity index (χ4v) is 3.31. The Morgan fingerprint density at radius 3 is 2.78 bits per heavy atom. The number of carbonyl (C=O) groups excluding carboxylic acids is 2. The maximum Gasteiger partial charge on any atom is 0.254 e. The van der Waals surface area contributed by atoms with Gasteiger partial charge in [0.15, 0.2) is 0 Å². The molecule has 1 aromatic heterocycles. The summed E-state index contributed by atoms with van der Waals surface area (Å²) in [6.07, 6.45) is 1.53. The van der Waals surface area contributed by atoms with Gasteiger partial charge in [-0.3, -0.25) is 9.59 Å². The molecule has 1 fully saturated rings. The number of amides is 2. The van der Waals surface area contributed by atoms with Crippen LogP contribution in [0, 0.1) is 13.8 Å². The van der Waals surface area contributed by atoms with Crippen LogP contribution in [0.1, 0.15) is 40.2 Å². The minimum atomic E-state index is -0.389. The number of rotatable bonds is 5. The number of hydrogen-bond acceptors (Lipinski definition) is 5. The molecule has 7 heteroatoms. The first-order valence-electron chi connectivity index (χ1n) is 9.05. The molecule has 0 spiro atoms. The molecule has 1 saturated heterocycles. The van der Waals surface area contributed by atoms with E-state index in [9.17, 15) is 9.59 Å². The summed E-state index contributed by atoms with van der Waals surface area (Å²) < 4.78 is 11.0. The van der Waals surface area contributed by atoms with Gasteiger partial charge in [0.2, 0.25) is 5.91 Å². The van der Waals surface area contributed by atoms with Crippen molar-refractivity contribution in [2.24, 2.45) is 0 Å². The minimum Gasteiger partial charge on any atom is -0.489 e. The van der Waals surface area contributed by atoms with Crippen molar-refractivity contribution >= 4 is 11.8 Å². The van der Waals surface area contributed by atoms with Crippen LogP contribution in [-0.2, 0) is 11.4 Å². The average Bonchev–Trinajstić information content (AvgIpc) is 3.26. The van der Waals surface area contributed by atoms with E-state index in [0.717, 1.165) is 23.4 Å². The Morgan fingerprint density at radius 2 is 2.11 bits per heavy atom. The number of likely N-dealkylation sites (N-methyl/N-ethyl adjacent to an activating group) is 1. The summed E-state index contributed by atoms with van der Waals surface area (Å²) in [4.78, 5) is 28.5. The fourth-order valence-electron chi connectivity index (χ4n) is 3.31. The molecule has 1 aliphatic rings. The molecule has 2 heterocycles. The molecular weight excluding hydrogens is 346 g/mol. The standard InChI is InChI=1S/C20H25N3O4/c1-13-17(14(2)27-21-13)12-26-16-8-5-7-15(11-16)19(24)23-10-6-9-18(23)20(25)22(3)4/h5,7-8,11,18H,6,9-10,12H2,1-4H3. The topological polar surface area (TPSA) is 75.9 Å². The number of nitrogens with zero attached hydrogens (tertiary/aromatic N) is 3. The van der Waals surface area contributed by atoms with Gasteiger partial charge in [0, 0.05) is 26.2 Å². The highest BCUT2D eigenvalue weighted by atomic mass is 16.5. The van der Waals surface area contributed by atoms with E-state index in [4.69, 9.17) is 9.26 Å². The third-order valence-corrected chi connectivity index (χ3v) is 4.88. The first-order valence-corrected chi connectivity index (χ1v) is 9.05. The molecule has 0 radical (unpaired) electrons. The lowest BCUT2D eigenvalue weighted by Gasteiger charge is -2.26. The van der Waals surface area contributed by atoms with Gasteiger partial charge in [-0.25, -0.2) is 0 Å². The largest absolute Gasteiger partial charge is 0.489 e. The van der Waals surface area contributed by atoms with Gasteiger partial charge in [-0.1, -0.05) is 11.2 Å². The molecule has 1 aromatic carbocycles. The molecule has 0 bridgehead atoms. The second-order valence-electron chi connectivity index (χ2n) is 7.01. The van der Waals surface area contributed by atoms with Gasteiger partial charge in [0.1, 0.15) is 24.2 Å². The zero-order valence-electron chi connectivity index (χ0n) is 16.2. The Bertz CT molecular complexity index is 824. The van der Waals surface area contributed by atoms with E-state index in [1.807, 2.05) is 13.8 Å². The quantitative estimate of drug-likeness (QED) is 0.807. The number of carbonyl (C=O) groups is 2. The van der Waals surface area contributed by atoms with E-state index in [-0.39, 0.29) is 17.9 Å². The normalized spacial score (nSPS) is 16.4. The van der Waals surface area contributed by atoms with Gasteiger partial charge in [-0.2, -0.15) is 0 Å². The molecular formula is C20H25N3O4.